The molecule has 0 unspecified atom stereocenters. The van der Waals surface area contributed by atoms with Gasteiger partial charge in [-0.2, -0.15) is 5.10 Å². The second kappa shape index (κ2) is 5.14. The number of carbonyl (C=O) groups is 1. The molecular formula is C18H25FN4O. The van der Waals surface area contributed by atoms with Crippen molar-refractivity contribution in [3.05, 3.63) is 34.8 Å². The lowest BCUT2D eigenvalue weighted by molar-refractivity contribution is 0.0956. The second-order valence-electron chi connectivity index (χ2n) is 6.55. The van der Waals surface area contributed by atoms with E-state index >= 15 is 0 Å². The van der Waals surface area contributed by atoms with Crippen LogP contribution in [0.3, 0.4) is 0 Å². The molecule has 24 heavy (non-hydrogen) atoms. The molecule has 3 aliphatic heterocycles. The number of aromatic nitrogens is 1. The van der Waals surface area contributed by atoms with Gasteiger partial charge < -0.3 is 4.98 Å². The molecule has 5 nitrogen and oxygen atoms in total. The zero-order chi connectivity index (χ0) is 17.1. The Labute approximate surface area is 142 Å². The van der Waals surface area contributed by atoms with Crippen molar-refractivity contribution in [1.82, 2.24) is 15.3 Å². The van der Waals surface area contributed by atoms with E-state index in [1.165, 1.54) is 12.1 Å². The molecular weight excluding hydrogens is 307 g/mol. The summed E-state index contributed by atoms with van der Waals surface area (Å²) in [5, 5.41) is 5.10. The van der Waals surface area contributed by atoms with Gasteiger partial charge in [-0.25, -0.2) is 9.82 Å². The standard InChI is InChI=1S/C16H15FN4O.C2H6.2H2/c1-16-3-2-4-21(16)7-11-13-12-9(15(22)20-19-11)5-8(17)6-10(12)18-14(13)16;1-2;;/h5-6,18H,2-4,7H2,1H3,(H,20,22);1-2H3;2*1H/t16-;;;/m1.../s1. The molecule has 3 aliphatic rings. The van der Waals surface area contributed by atoms with E-state index in [1.54, 1.807) is 0 Å². The summed E-state index contributed by atoms with van der Waals surface area (Å²) in [5.74, 6) is -0.758. The molecule has 1 amide bonds. The number of carbonyl (C=O) groups excluding carboxylic acids is 1. The molecule has 2 N–H and O–H groups in total. The van der Waals surface area contributed by atoms with Crippen molar-refractivity contribution in [2.75, 3.05) is 13.1 Å². The largest absolute Gasteiger partial charge is 0.356 e. The highest BCUT2D eigenvalue weighted by Gasteiger charge is 2.47. The normalized spacial score (nSPS) is 24.7. The maximum absolute atomic E-state index is 13.9. The minimum absolute atomic E-state index is 0. The maximum atomic E-state index is 13.9. The molecule has 1 saturated heterocycles. The number of rotatable bonds is 0. The number of nitrogens with one attached hydrogen (secondary N) is 2. The van der Waals surface area contributed by atoms with Crippen LogP contribution in [0.5, 0.6) is 0 Å². The predicted molar refractivity (Wildman–Crippen MR) is 96.0 cm³/mol. The molecule has 0 saturated carbocycles. The van der Waals surface area contributed by atoms with Crippen molar-refractivity contribution in [1.29, 1.82) is 0 Å². The average molecular weight is 332 g/mol. The van der Waals surface area contributed by atoms with Crippen LogP contribution in [-0.4, -0.2) is 34.6 Å². The predicted octanol–water partition coefficient (Wildman–Crippen LogP) is 3.60. The van der Waals surface area contributed by atoms with E-state index in [0.29, 0.717) is 17.6 Å². The first-order valence-corrected chi connectivity index (χ1v) is 8.56. The van der Waals surface area contributed by atoms with Crippen molar-refractivity contribution in [2.45, 2.75) is 39.2 Å². The molecule has 0 aliphatic carbocycles. The van der Waals surface area contributed by atoms with Gasteiger partial charge in [0.1, 0.15) is 5.82 Å². The number of fused-ring (bicyclic) bond motifs is 2. The van der Waals surface area contributed by atoms with Gasteiger partial charge in [0.25, 0.3) is 5.91 Å². The number of hydrazone groups is 1. The summed E-state index contributed by atoms with van der Waals surface area (Å²) in [6, 6.07) is 2.77. The summed E-state index contributed by atoms with van der Waals surface area (Å²) in [4.78, 5) is 18.0. The zero-order valence-electron chi connectivity index (χ0n) is 14.2. The van der Waals surface area contributed by atoms with Crippen LogP contribution in [0, 0.1) is 5.82 Å². The molecule has 1 aromatic heterocycles. The van der Waals surface area contributed by atoms with E-state index in [0.717, 1.165) is 41.7 Å². The van der Waals surface area contributed by atoms with E-state index in [-0.39, 0.29) is 14.3 Å². The first-order chi connectivity index (χ1) is 11.6. The van der Waals surface area contributed by atoms with Crippen LogP contribution in [0.25, 0.3) is 10.9 Å². The van der Waals surface area contributed by atoms with E-state index in [2.05, 4.69) is 27.3 Å². The lowest BCUT2D eigenvalue weighted by atomic mass is 9.85. The Kier molecular flexibility index (Phi) is 3.28. The van der Waals surface area contributed by atoms with Gasteiger partial charge in [-0.05, 0) is 38.4 Å². The second-order valence-corrected chi connectivity index (χ2v) is 6.55. The summed E-state index contributed by atoms with van der Waals surface area (Å²) in [6.07, 6.45) is 2.19. The molecule has 0 bridgehead atoms. The Bertz CT molecular complexity index is 895. The lowest BCUT2D eigenvalue weighted by Crippen LogP contribution is -2.47. The zero-order valence-corrected chi connectivity index (χ0v) is 14.2. The molecule has 1 atom stereocenters. The summed E-state index contributed by atoms with van der Waals surface area (Å²) in [6.45, 7) is 7.95. The van der Waals surface area contributed by atoms with E-state index in [1.807, 2.05) is 13.8 Å². The molecule has 130 valence electrons. The number of benzene rings is 1. The number of nitrogens with zero attached hydrogens (tertiary/aromatic N) is 2. The van der Waals surface area contributed by atoms with Gasteiger partial charge in [0.2, 0.25) is 0 Å². The van der Waals surface area contributed by atoms with Gasteiger partial charge in [-0.1, -0.05) is 13.8 Å². The van der Waals surface area contributed by atoms with Crippen molar-refractivity contribution >= 4 is 22.5 Å². The summed E-state index contributed by atoms with van der Waals surface area (Å²) >= 11 is 0. The first kappa shape index (κ1) is 15.3. The number of amides is 1. The highest BCUT2D eigenvalue weighted by Crippen LogP contribution is 2.46. The first-order valence-electron chi connectivity index (χ1n) is 8.56. The molecule has 0 spiro atoms. The number of aromatic amines is 1. The minimum atomic E-state index is -0.409. The van der Waals surface area contributed by atoms with Crippen molar-refractivity contribution in [3.63, 3.8) is 0 Å². The fourth-order valence-corrected chi connectivity index (χ4v) is 4.25. The van der Waals surface area contributed by atoms with Crippen molar-refractivity contribution in [3.8, 4) is 0 Å². The van der Waals surface area contributed by atoms with E-state index < -0.39 is 5.82 Å². The number of H-pyrrole nitrogens is 1. The van der Waals surface area contributed by atoms with Gasteiger partial charge in [0.05, 0.1) is 22.3 Å². The summed E-state index contributed by atoms with van der Waals surface area (Å²) in [7, 11) is 0. The Hall–Kier alpha value is -2.21. The molecule has 2 aromatic rings. The SMILES string of the molecule is CC.C[C@]12CCCN1CC1=NNC(=O)c3cc(F)cc4[nH]c2c1c34.[HH].[HH]. The molecule has 5 rings (SSSR count). The maximum Gasteiger partial charge on any atom is 0.272 e. The molecule has 4 heterocycles. The fraction of sp³-hybridized carbons (Fsp3) is 0.444. The Morgan fingerprint density at radius 2 is 2.17 bits per heavy atom. The molecule has 0 radical (unpaired) electrons. The van der Waals surface area contributed by atoms with Crippen molar-refractivity contribution in [2.24, 2.45) is 5.10 Å². The summed E-state index contributed by atoms with van der Waals surface area (Å²) < 4.78 is 13.9. The van der Waals surface area contributed by atoms with Crippen LogP contribution in [0.4, 0.5) is 4.39 Å². The molecule has 1 aromatic carbocycles. The van der Waals surface area contributed by atoms with Crippen LogP contribution in [0.2, 0.25) is 0 Å². The summed E-state index contributed by atoms with van der Waals surface area (Å²) in [5.41, 5.74) is 6.43. The van der Waals surface area contributed by atoms with Gasteiger partial charge in [-0.15, -0.1) is 0 Å². The smallest absolute Gasteiger partial charge is 0.272 e. The third-order valence-corrected chi connectivity index (χ3v) is 5.36. The monoisotopic (exact) mass is 332 g/mol. The third kappa shape index (κ3) is 1.83. The van der Waals surface area contributed by atoms with E-state index in [4.69, 9.17) is 0 Å². The average Bonchev–Trinajstić information content (AvgIpc) is 3.10. The van der Waals surface area contributed by atoms with Crippen LogP contribution in [-0.2, 0) is 5.54 Å². The molecule has 6 heteroatoms. The Morgan fingerprint density at radius 3 is 2.96 bits per heavy atom. The van der Waals surface area contributed by atoms with Gasteiger partial charge in [0, 0.05) is 26.0 Å². The third-order valence-electron chi connectivity index (χ3n) is 5.36. The Morgan fingerprint density at radius 1 is 1.38 bits per heavy atom. The number of hydrogen-bond acceptors (Lipinski definition) is 3. The van der Waals surface area contributed by atoms with Gasteiger partial charge in [-0.3, -0.25) is 9.69 Å². The van der Waals surface area contributed by atoms with E-state index in [9.17, 15) is 9.18 Å². The highest BCUT2D eigenvalue weighted by molar-refractivity contribution is 6.21. The number of hydrogen-bond donors (Lipinski definition) is 2. The van der Waals surface area contributed by atoms with Gasteiger partial charge in [0.15, 0.2) is 0 Å². The fourth-order valence-electron chi connectivity index (χ4n) is 4.25. The minimum Gasteiger partial charge on any atom is -0.356 e. The van der Waals surface area contributed by atoms with Gasteiger partial charge >= 0.3 is 0 Å². The van der Waals surface area contributed by atoms with Crippen molar-refractivity contribution < 1.29 is 12.0 Å². The lowest BCUT2D eigenvalue weighted by Gasteiger charge is -2.39. The van der Waals surface area contributed by atoms with Crippen LogP contribution >= 0.6 is 0 Å². The quantitative estimate of drug-likeness (QED) is 0.774. The van der Waals surface area contributed by atoms with Crippen LogP contribution in [0.1, 0.15) is 58.1 Å². The van der Waals surface area contributed by atoms with Crippen LogP contribution < -0.4 is 5.43 Å². The molecule has 1 fully saturated rings. The Balaban J connectivity index is 0.000000589. The highest BCUT2D eigenvalue weighted by atomic mass is 19.1. The van der Waals surface area contributed by atoms with Crippen LogP contribution in [0.15, 0.2) is 17.2 Å². The topological polar surface area (TPSA) is 60.5 Å². The number of halogens is 1.